The Morgan fingerprint density at radius 2 is 1.91 bits per heavy atom. The summed E-state index contributed by atoms with van der Waals surface area (Å²) in [6.07, 6.45) is 1.46. The van der Waals surface area contributed by atoms with Gasteiger partial charge in [-0.25, -0.2) is 9.89 Å². The minimum absolute atomic E-state index is 0.0649. The molecule has 172 valence electrons. The van der Waals surface area contributed by atoms with Crippen LogP contribution in [0, 0.1) is 19.8 Å². The molecule has 2 aromatic carbocycles. The number of para-hydroxylation sites is 1. The summed E-state index contributed by atoms with van der Waals surface area (Å²) >= 11 is 1.33. The molecule has 0 aromatic heterocycles. The largest absolute Gasteiger partial charge is 0.325 e. The molecule has 2 heterocycles. The van der Waals surface area contributed by atoms with Crippen LogP contribution in [0.25, 0.3) is 0 Å². The first-order valence-electron chi connectivity index (χ1n) is 11.5. The molecule has 2 aliphatic heterocycles. The van der Waals surface area contributed by atoms with E-state index in [-0.39, 0.29) is 17.7 Å². The van der Waals surface area contributed by atoms with Crippen LogP contribution in [-0.2, 0) is 9.59 Å². The van der Waals surface area contributed by atoms with Gasteiger partial charge in [0.1, 0.15) is 11.9 Å². The average molecular weight is 463 g/mol. The van der Waals surface area contributed by atoms with Gasteiger partial charge in [-0.1, -0.05) is 63.2 Å². The van der Waals surface area contributed by atoms with Crippen molar-refractivity contribution in [1.29, 1.82) is 0 Å². The second-order valence-electron chi connectivity index (χ2n) is 8.69. The maximum atomic E-state index is 13.4. The predicted octanol–water partition coefficient (Wildman–Crippen LogP) is 5.46. The number of carbonyl (C=O) groups excluding carboxylic acids is 2. The summed E-state index contributed by atoms with van der Waals surface area (Å²) in [5, 5.41) is 3.19. The molecule has 2 amide bonds. The van der Waals surface area contributed by atoms with Crippen LogP contribution in [0.5, 0.6) is 0 Å². The Balaban J connectivity index is 1.64. The predicted molar refractivity (Wildman–Crippen MR) is 136 cm³/mol. The number of anilines is 1. The molecule has 6 nitrogen and oxygen atoms in total. The van der Waals surface area contributed by atoms with Gasteiger partial charge in [-0.15, -0.1) is 0 Å². The van der Waals surface area contributed by atoms with Crippen molar-refractivity contribution in [3.63, 3.8) is 0 Å². The lowest BCUT2D eigenvalue weighted by Crippen LogP contribution is -2.43. The third-order valence-corrected chi connectivity index (χ3v) is 7.56. The summed E-state index contributed by atoms with van der Waals surface area (Å²) in [4.78, 5) is 37.8. The van der Waals surface area contributed by atoms with Crippen LogP contribution in [0.1, 0.15) is 50.3 Å². The van der Waals surface area contributed by atoms with Gasteiger partial charge >= 0.3 is 0 Å². The van der Waals surface area contributed by atoms with E-state index in [0.29, 0.717) is 17.4 Å². The number of fused-ring (bicyclic) bond motifs is 3. The number of amidine groups is 2. The fourth-order valence-electron chi connectivity index (χ4n) is 3.98. The van der Waals surface area contributed by atoms with Gasteiger partial charge in [0, 0.05) is 11.3 Å². The number of aliphatic imine (C=N–C) groups is 2. The summed E-state index contributed by atoms with van der Waals surface area (Å²) in [5.74, 6) is 0.609. The molecule has 4 rings (SSSR count). The third-order valence-electron chi connectivity index (χ3n) is 6.24. The van der Waals surface area contributed by atoms with Crippen molar-refractivity contribution in [3.05, 3.63) is 59.2 Å². The van der Waals surface area contributed by atoms with E-state index in [2.05, 4.69) is 12.2 Å². The molecule has 0 bridgehead atoms. The number of aryl methyl sites for hydroxylation is 2. The Labute approximate surface area is 199 Å². The molecule has 7 heteroatoms. The van der Waals surface area contributed by atoms with Gasteiger partial charge in [-0.3, -0.25) is 14.6 Å². The molecule has 1 N–H and O–H groups in total. The van der Waals surface area contributed by atoms with E-state index in [1.54, 1.807) is 4.90 Å². The summed E-state index contributed by atoms with van der Waals surface area (Å²) in [6.45, 7) is 10.1. The van der Waals surface area contributed by atoms with Crippen LogP contribution in [0.3, 0.4) is 0 Å². The van der Waals surface area contributed by atoms with Crippen molar-refractivity contribution in [3.8, 4) is 0 Å². The minimum atomic E-state index is -0.425. The molecule has 0 saturated heterocycles. The van der Waals surface area contributed by atoms with Gasteiger partial charge in [-0.05, 0) is 55.5 Å². The number of thioether (sulfide) groups is 1. The van der Waals surface area contributed by atoms with Gasteiger partial charge in [-0.2, -0.15) is 0 Å². The van der Waals surface area contributed by atoms with Crippen LogP contribution in [0.4, 0.5) is 11.4 Å². The highest BCUT2D eigenvalue weighted by Crippen LogP contribution is 2.36. The number of nitrogens with one attached hydrogen (secondary N) is 1. The van der Waals surface area contributed by atoms with E-state index in [1.807, 2.05) is 70.2 Å². The number of nitrogens with zero attached hydrogens (tertiary/aromatic N) is 3. The van der Waals surface area contributed by atoms with E-state index in [9.17, 15) is 9.59 Å². The summed E-state index contributed by atoms with van der Waals surface area (Å²) < 4.78 is 0. The zero-order valence-corrected chi connectivity index (χ0v) is 20.6. The standard InChI is InChI=1S/C26H30N4O2S/c1-6-16(4)22-25(32)30-23(29-22)18-10-8-9-11-19(18)28-26(30)33-21(7-2)24(31)27-20-14-15(3)12-13-17(20)5/h8-14,16,21-22H,6-7H2,1-5H3,(H,27,31)/t16-,21-,22+/m0/s1. The molecule has 0 saturated carbocycles. The van der Waals surface area contributed by atoms with Gasteiger partial charge in [0.2, 0.25) is 5.91 Å². The highest BCUT2D eigenvalue weighted by molar-refractivity contribution is 8.15. The normalized spacial score (nSPS) is 18.8. The number of hydrogen-bond acceptors (Lipinski definition) is 5. The molecule has 0 spiro atoms. The van der Waals surface area contributed by atoms with Gasteiger partial charge in [0.25, 0.3) is 5.91 Å². The highest BCUT2D eigenvalue weighted by atomic mass is 32.2. The Bertz CT molecular complexity index is 1160. The molecule has 3 atom stereocenters. The lowest BCUT2D eigenvalue weighted by Gasteiger charge is -2.28. The number of benzene rings is 2. The summed E-state index contributed by atoms with van der Waals surface area (Å²) in [6, 6.07) is 13.3. The van der Waals surface area contributed by atoms with Gasteiger partial charge in [0.05, 0.1) is 10.9 Å². The fraction of sp³-hybridized carbons (Fsp3) is 0.385. The number of rotatable bonds is 6. The highest BCUT2D eigenvalue weighted by Gasteiger charge is 2.43. The zero-order chi connectivity index (χ0) is 23.7. The zero-order valence-electron chi connectivity index (χ0n) is 19.8. The van der Waals surface area contributed by atoms with E-state index in [4.69, 9.17) is 9.98 Å². The molecule has 2 aliphatic rings. The summed E-state index contributed by atoms with van der Waals surface area (Å²) in [5.41, 5.74) is 4.54. The van der Waals surface area contributed by atoms with Gasteiger partial charge < -0.3 is 5.32 Å². The van der Waals surface area contributed by atoms with Crippen LogP contribution >= 0.6 is 11.8 Å². The maximum absolute atomic E-state index is 13.4. The molecule has 0 aliphatic carbocycles. The van der Waals surface area contributed by atoms with Crippen LogP contribution in [0.15, 0.2) is 52.4 Å². The molecule has 0 unspecified atom stereocenters. The van der Waals surface area contributed by atoms with E-state index < -0.39 is 11.3 Å². The first-order valence-corrected chi connectivity index (χ1v) is 12.4. The number of hydrogen-bond donors (Lipinski definition) is 1. The molecule has 0 fully saturated rings. The van der Waals surface area contributed by atoms with Crippen molar-refractivity contribution in [2.75, 3.05) is 5.32 Å². The SMILES string of the molecule is CC[C@H](SC1=Nc2ccccc2C2=N[C@H]([C@@H](C)CC)C(=O)N12)C(=O)Nc1cc(C)ccc1C. The Morgan fingerprint density at radius 3 is 2.64 bits per heavy atom. The first kappa shape index (κ1) is 23.2. The first-order chi connectivity index (χ1) is 15.8. The minimum Gasteiger partial charge on any atom is -0.325 e. The van der Waals surface area contributed by atoms with Crippen LogP contribution < -0.4 is 5.32 Å². The molecular weight excluding hydrogens is 432 g/mol. The third kappa shape index (κ3) is 4.47. The Hall–Kier alpha value is -2.93. The van der Waals surface area contributed by atoms with Crippen molar-refractivity contribution in [2.24, 2.45) is 15.9 Å². The molecular formula is C26H30N4O2S. The summed E-state index contributed by atoms with van der Waals surface area (Å²) in [7, 11) is 0. The lowest BCUT2D eigenvalue weighted by atomic mass is 10.00. The average Bonchev–Trinajstić information content (AvgIpc) is 3.17. The van der Waals surface area contributed by atoms with Crippen LogP contribution in [-0.4, -0.2) is 39.0 Å². The van der Waals surface area contributed by atoms with Crippen molar-refractivity contribution in [2.45, 2.75) is 58.8 Å². The van der Waals surface area contributed by atoms with Crippen LogP contribution in [0.2, 0.25) is 0 Å². The molecule has 33 heavy (non-hydrogen) atoms. The van der Waals surface area contributed by atoms with Crippen molar-refractivity contribution < 1.29 is 9.59 Å². The number of amides is 2. The molecule has 0 radical (unpaired) electrons. The quantitative estimate of drug-likeness (QED) is 0.620. The van der Waals surface area contributed by atoms with Crippen molar-refractivity contribution in [1.82, 2.24) is 4.90 Å². The van der Waals surface area contributed by atoms with Gasteiger partial charge in [0.15, 0.2) is 5.17 Å². The lowest BCUT2D eigenvalue weighted by molar-refractivity contribution is -0.125. The second kappa shape index (κ2) is 9.51. The molecule has 2 aromatic rings. The second-order valence-corrected chi connectivity index (χ2v) is 9.86. The van der Waals surface area contributed by atoms with Crippen molar-refractivity contribution >= 4 is 46.0 Å². The smallest absolute Gasteiger partial charge is 0.259 e. The Kier molecular flexibility index (Phi) is 6.70. The Morgan fingerprint density at radius 1 is 1.15 bits per heavy atom. The monoisotopic (exact) mass is 462 g/mol. The fourth-order valence-corrected chi connectivity index (χ4v) is 5.00. The van der Waals surface area contributed by atoms with E-state index >= 15 is 0 Å². The van der Waals surface area contributed by atoms with E-state index in [1.165, 1.54) is 11.8 Å². The number of carbonyl (C=O) groups is 2. The topological polar surface area (TPSA) is 74.1 Å². The van der Waals surface area contributed by atoms with E-state index in [0.717, 1.165) is 34.5 Å². The maximum Gasteiger partial charge on any atom is 0.259 e.